The van der Waals surface area contributed by atoms with Gasteiger partial charge in [-0.3, -0.25) is 0 Å². The van der Waals surface area contributed by atoms with E-state index in [1.165, 1.54) is 0 Å². The molecule has 0 radical (unpaired) electrons. The van der Waals surface area contributed by atoms with E-state index in [2.05, 4.69) is 53.4 Å². The van der Waals surface area contributed by atoms with E-state index >= 15 is 0 Å². The van der Waals surface area contributed by atoms with Gasteiger partial charge in [0, 0.05) is 29.6 Å². The maximum atomic E-state index is 6.33. The molecule has 6 heteroatoms. The van der Waals surface area contributed by atoms with Gasteiger partial charge in [0.05, 0.1) is 24.4 Å². The molecule has 6 nitrogen and oxygen atoms in total. The number of nitrogens with two attached hydrogens (primary N) is 1. The standard InChI is InChI=1S/C28H28N4O2/c1-19-7-6-10-23(27(31-33-2)20-8-4-3-5-9-20)26(19)21-11-12-24-22(17-21)18-25(28(29)30-24)32-13-15-34-16-14-32/h3-12,17-18H,13-16H2,1-2H3,(H2,29,30)/b31-27-. The highest BCUT2D eigenvalue weighted by atomic mass is 16.6. The Bertz CT molecular complexity index is 1350. The van der Waals surface area contributed by atoms with Gasteiger partial charge in [0.2, 0.25) is 0 Å². The minimum Gasteiger partial charge on any atom is -0.399 e. The molecule has 0 bridgehead atoms. The highest BCUT2D eigenvalue weighted by Gasteiger charge is 2.18. The molecule has 2 heterocycles. The molecule has 1 fully saturated rings. The molecule has 34 heavy (non-hydrogen) atoms. The van der Waals surface area contributed by atoms with E-state index in [-0.39, 0.29) is 0 Å². The zero-order chi connectivity index (χ0) is 23.5. The largest absolute Gasteiger partial charge is 0.399 e. The van der Waals surface area contributed by atoms with E-state index in [0.29, 0.717) is 19.0 Å². The molecular formula is C28H28N4O2. The van der Waals surface area contributed by atoms with Crippen molar-refractivity contribution in [1.82, 2.24) is 4.98 Å². The van der Waals surface area contributed by atoms with Crippen molar-refractivity contribution in [1.29, 1.82) is 0 Å². The van der Waals surface area contributed by atoms with Gasteiger partial charge in [-0.25, -0.2) is 4.98 Å². The first-order valence-electron chi connectivity index (χ1n) is 11.5. The van der Waals surface area contributed by atoms with Crippen LogP contribution in [0.4, 0.5) is 11.5 Å². The van der Waals surface area contributed by atoms with Crippen LogP contribution in [-0.2, 0) is 9.57 Å². The van der Waals surface area contributed by atoms with E-state index < -0.39 is 0 Å². The number of hydrogen-bond donors (Lipinski definition) is 1. The fraction of sp³-hybridized carbons (Fsp3) is 0.214. The fourth-order valence-electron chi connectivity index (χ4n) is 4.59. The molecule has 0 amide bonds. The predicted octanol–water partition coefficient (Wildman–Crippen LogP) is 5.03. The zero-order valence-corrected chi connectivity index (χ0v) is 19.5. The minimum atomic E-state index is 0.553. The monoisotopic (exact) mass is 452 g/mol. The van der Waals surface area contributed by atoms with Crippen LogP contribution in [0.3, 0.4) is 0 Å². The molecule has 0 atom stereocenters. The lowest BCUT2D eigenvalue weighted by Crippen LogP contribution is -2.36. The second-order valence-corrected chi connectivity index (χ2v) is 8.39. The van der Waals surface area contributed by atoms with E-state index in [9.17, 15) is 0 Å². The number of aryl methyl sites for hydroxylation is 1. The normalized spacial score (nSPS) is 14.4. The molecule has 4 aromatic rings. The molecule has 0 unspecified atom stereocenters. The fourth-order valence-corrected chi connectivity index (χ4v) is 4.59. The molecule has 1 aromatic heterocycles. The van der Waals surface area contributed by atoms with Crippen molar-refractivity contribution in [3.63, 3.8) is 0 Å². The maximum Gasteiger partial charge on any atom is 0.147 e. The third-order valence-electron chi connectivity index (χ3n) is 6.22. The van der Waals surface area contributed by atoms with Crippen LogP contribution >= 0.6 is 0 Å². The molecule has 0 aliphatic carbocycles. The van der Waals surface area contributed by atoms with Gasteiger partial charge in [-0.15, -0.1) is 0 Å². The Balaban J connectivity index is 1.65. The van der Waals surface area contributed by atoms with Crippen LogP contribution in [0.5, 0.6) is 0 Å². The van der Waals surface area contributed by atoms with Crippen molar-refractivity contribution >= 4 is 28.1 Å². The van der Waals surface area contributed by atoms with Crippen LogP contribution in [0.1, 0.15) is 16.7 Å². The first-order valence-corrected chi connectivity index (χ1v) is 11.5. The lowest BCUT2D eigenvalue weighted by molar-refractivity contribution is 0.123. The number of aromatic nitrogens is 1. The third kappa shape index (κ3) is 4.20. The number of nitrogen functional groups attached to an aromatic ring is 1. The van der Waals surface area contributed by atoms with Gasteiger partial charge in [0.15, 0.2) is 0 Å². The molecule has 3 aromatic carbocycles. The Labute approximate surface area is 199 Å². The Morgan fingerprint density at radius 2 is 1.79 bits per heavy atom. The second kappa shape index (κ2) is 9.53. The molecule has 2 N–H and O–H groups in total. The topological polar surface area (TPSA) is 73.0 Å². The summed E-state index contributed by atoms with van der Waals surface area (Å²) in [6.45, 7) is 5.15. The summed E-state index contributed by atoms with van der Waals surface area (Å²) in [6, 6.07) is 24.9. The lowest BCUT2D eigenvalue weighted by atomic mass is 9.89. The summed E-state index contributed by atoms with van der Waals surface area (Å²) in [5.74, 6) is 0.553. The van der Waals surface area contributed by atoms with Crippen LogP contribution < -0.4 is 10.6 Å². The Morgan fingerprint density at radius 1 is 1.00 bits per heavy atom. The number of nitrogens with zero attached hydrogens (tertiary/aromatic N) is 3. The zero-order valence-electron chi connectivity index (χ0n) is 19.5. The molecule has 5 rings (SSSR count). The van der Waals surface area contributed by atoms with Crippen molar-refractivity contribution in [3.05, 3.63) is 89.5 Å². The van der Waals surface area contributed by atoms with Crippen molar-refractivity contribution < 1.29 is 9.57 Å². The average molecular weight is 453 g/mol. The third-order valence-corrected chi connectivity index (χ3v) is 6.22. The summed E-state index contributed by atoms with van der Waals surface area (Å²) in [7, 11) is 1.58. The highest BCUT2D eigenvalue weighted by molar-refractivity contribution is 6.16. The number of benzene rings is 3. The van der Waals surface area contributed by atoms with E-state index in [4.69, 9.17) is 20.3 Å². The van der Waals surface area contributed by atoms with Crippen molar-refractivity contribution in [2.24, 2.45) is 5.16 Å². The van der Waals surface area contributed by atoms with Crippen LogP contribution in [0.15, 0.2) is 78.0 Å². The first-order chi connectivity index (χ1) is 16.7. The van der Waals surface area contributed by atoms with Gasteiger partial charge >= 0.3 is 0 Å². The minimum absolute atomic E-state index is 0.553. The number of oxime groups is 1. The quantitative estimate of drug-likeness (QED) is 0.340. The maximum absolute atomic E-state index is 6.33. The number of hydrogen-bond acceptors (Lipinski definition) is 6. The number of ether oxygens (including phenoxy) is 1. The second-order valence-electron chi connectivity index (χ2n) is 8.39. The summed E-state index contributed by atoms with van der Waals surface area (Å²) in [5.41, 5.74) is 14.4. The van der Waals surface area contributed by atoms with Crippen LogP contribution in [0, 0.1) is 6.92 Å². The number of morpholine rings is 1. The van der Waals surface area contributed by atoms with Gasteiger partial charge in [-0.1, -0.05) is 59.8 Å². The Hall–Kier alpha value is -3.90. The number of rotatable bonds is 5. The van der Waals surface area contributed by atoms with Crippen molar-refractivity contribution in [3.8, 4) is 11.1 Å². The summed E-state index contributed by atoms with van der Waals surface area (Å²) in [5, 5.41) is 5.46. The van der Waals surface area contributed by atoms with Gasteiger partial charge in [-0.2, -0.15) is 0 Å². The van der Waals surface area contributed by atoms with Gasteiger partial charge in [0.1, 0.15) is 18.6 Å². The van der Waals surface area contributed by atoms with Gasteiger partial charge in [-0.05, 0) is 41.8 Å². The van der Waals surface area contributed by atoms with E-state index in [1.54, 1.807) is 7.11 Å². The average Bonchev–Trinajstić information content (AvgIpc) is 2.87. The summed E-state index contributed by atoms with van der Waals surface area (Å²) in [6.07, 6.45) is 0. The number of pyridine rings is 1. The number of anilines is 2. The van der Waals surface area contributed by atoms with Gasteiger partial charge < -0.3 is 20.2 Å². The SMILES string of the molecule is CO/N=C(/c1ccccc1)c1cccc(C)c1-c1ccc2nc(N)c(N3CCOCC3)cc2c1. The molecular weight excluding hydrogens is 424 g/mol. The summed E-state index contributed by atoms with van der Waals surface area (Å²) in [4.78, 5) is 12.2. The van der Waals surface area contributed by atoms with Crippen LogP contribution in [0.2, 0.25) is 0 Å². The molecule has 1 aliphatic heterocycles. The molecule has 1 saturated heterocycles. The summed E-state index contributed by atoms with van der Waals surface area (Å²) < 4.78 is 5.51. The molecule has 0 spiro atoms. The predicted molar refractivity (Wildman–Crippen MR) is 138 cm³/mol. The number of fused-ring (bicyclic) bond motifs is 1. The molecule has 0 saturated carbocycles. The molecule has 172 valence electrons. The van der Waals surface area contributed by atoms with Crippen molar-refractivity contribution in [2.75, 3.05) is 44.0 Å². The lowest BCUT2D eigenvalue weighted by Gasteiger charge is -2.29. The van der Waals surface area contributed by atoms with Crippen LogP contribution in [0.25, 0.3) is 22.0 Å². The Kier molecular flexibility index (Phi) is 6.14. The Morgan fingerprint density at radius 3 is 2.56 bits per heavy atom. The summed E-state index contributed by atoms with van der Waals surface area (Å²) >= 11 is 0. The first kappa shape index (κ1) is 21.9. The van der Waals surface area contributed by atoms with E-state index in [1.807, 2.05) is 36.4 Å². The van der Waals surface area contributed by atoms with E-state index in [0.717, 1.165) is 63.2 Å². The van der Waals surface area contributed by atoms with Crippen molar-refractivity contribution in [2.45, 2.75) is 6.92 Å². The highest BCUT2D eigenvalue weighted by Crippen LogP contribution is 2.34. The smallest absolute Gasteiger partial charge is 0.147 e. The van der Waals surface area contributed by atoms with Crippen LogP contribution in [-0.4, -0.2) is 44.1 Å². The molecule has 1 aliphatic rings. The van der Waals surface area contributed by atoms with Gasteiger partial charge in [0.25, 0.3) is 0 Å².